The number of thioether (sulfide) groups is 1. The molecule has 1 aromatic rings. The summed E-state index contributed by atoms with van der Waals surface area (Å²) >= 11 is 4.21. The van der Waals surface area contributed by atoms with E-state index < -0.39 is 0 Å². The number of amides is 3. The molecule has 1 aliphatic heterocycles. The van der Waals surface area contributed by atoms with E-state index in [1.165, 1.54) is 0 Å². The number of hydrogen-bond acceptors (Lipinski definition) is 4. The standard InChI is InChI=1S/C10H10BrN3O3S/c11-6-3-7(13-4-6)9(16)12-1-2-14-8(15)5-18-10(14)17/h3-4,13H,1-2,5H2,(H,12,16). The SMILES string of the molecule is O=C(NCCN1C(=O)CSC1=O)c1cc(Br)c[nH]1. The van der Waals surface area contributed by atoms with Crippen LogP contribution < -0.4 is 5.32 Å². The van der Waals surface area contributed by atoms with Crippen LogP contribution in [0.1, 0.15) is 10.5 Å². The van der Waals surface area contributed by atoms with Crippen LogP contribution in [-0.4, -0.2) is 45.8 Å². The first-order valence-corrected chi connectivity index (χ1v) is 6.95. The molecule has 1 saturated heterocycles. The minimum Gasteiger partial charge on any atom is -0.356 e. The Morgan fingerprint density at radius 3 is 2.89 bits per heavy atom. The quantitative estimate of drug-likeness (QED) is 0.868. The Morgan fingerprint density at radius 1 is 1.56 bits per heavy atom. The van der Waals surface area contributed by atoms with Crippen LogP contribution in [0.3, 0.4) is 0 Å². The van der Waals surface area contributed by atoms with Crippen molar-refractivity contribution in [2.24, 2.45) is 0 Å². The minimum atomic E-state index is -0.271. The lowest BCUT2D eigenvalue weighted by atomic mass is 10.4. The third kappa shape index (κ3) is 2.94. The Kier molecular flexibility index (Phi) is 4.07. The Hall–Kier alpha value is -1.28. The molecule has 0 saturated carbocycles. The van der Waals surface area contributed by atoms with Crippen molar-refractivity contribution in [2.75, 3.05) is 18.8 Å². The Morgan fingerprint density at radius 2 is 2.33 bits per heavy atom. The van der Waals surface area contributed by atoms with Crippen molar-refractivity contribution in [3.05, 3.63) is 22.4 Å². The maximum absolute atomic E-state index is 11.6. The number of carbonyl (C=O) groups excluding carboxylic acids is 3. The topological polar surface area (TPSA) is 82.3 Å². The van der Waals surface area contributed by atoms with Gasteiger partial charge in [0.1, 0.15) is 5.69 Å². The summed E-state index contributed by atoms with van der Waals surface area (Å²) in [6.45, 7) is 0.450. The van der Waals surface area contributed by atoms with Crippen molar-refractivity contribution in [1.82, 2.24) is 15.2 Å². The number of aromatic nitrogens is 1. The van der Waals surface area contributed by atoms with E-state index in [0.717, 1.165) is 21.1 Å². The zero-order chi connectivity index (χ0) is 13.1. The number of hydrogen-bond donors (Lipinski definition) is 2. The second kappa shape index (κ2) is 5.57. The first kappa shape index (κ1) is 13.2. The van der Waals surface area contributed by atoms with Gasteiger partial charge in [0, 0.05) is 23.8 Å². The lowest BCUT2D eigenvalue weighted by Crippen LogP contribution is -2.37. The summed E-state index contributed by atoms with van der Waals surface area (Å²) in [5.41, 5.74) is 0.426. The minimum absolute atomic E-state index is 0.191. The van der Waals surface area contributed by atoms with Crippen LogP contribution in [0.25, 0.3) is 0 Å². The van der Waals surface area contributed by atoms with Gasteiger partial charge in [0.15, 0.2) is 0 Å². The van der Waals surface area contributed by atoms with Crippen molar-refractivity contribution in [3.8, 4) is 0 Å². The average molecular weight is 332 g/mol. The molecule has 1 aromatic heterocycles. The van der Waals surface area contributed by atoms with Gasteiger partial charge in [0.2, 0.25) is 5.91 Å². The highest BCUT2D eigenvalue weighted by molar-refractivity contribution is 9.10. The Labute approximate surface area is 116 Å². The fourth-order valence-corrected chi connectivity index (χ4v) is 2.57. The lowest BCUT2D eigenvalue weighted by molar-refractivity contribution is -0.124. The normalized spacial score (nSPS) is 15.3. The number of rotatable bonds is 4. The molecule has 0 aromatic carbocycles. The number of nitrogens with zero attached hydrogens (tertiary/aromatic N) is 1. The lowest BCUT2D eigenvalue weighted by Gasteiger charge is -2.12. The largest absolute Gasteiger partial charge is 0.356 e. The van der Waals surface area contributed by atoms with E-state index in [4.69, 9.17) is 0 Å². The summed E-state index contributed by atoms with van der Waals surface area (Å²) in [6.07, 6.45) is 1.65. The zero-order valence-electron chi connectivity index (χ0n) is 9.23. The molecule has 0 bridgehead atoms. The van der Waals surface area contributed by atoms with Gasteiger partial charge in [-0.25, -0.2) is 0 Å². The first-order valence-electron chi connectivity index (χ1n) is 5.17. The van der Waals surface area contributed by atoms with Gasteiger partial charge in [-0.05, 0) is 22.0 Å². The number of nitrogens with one attached hydrogen (secondary N) is 2. The summed E-state index contributed by atoms with van der Waals surface area (Å²) in [6, 6.07) is 1.65. The van der Waals surface area contributed by atoms with Gasteiger partial charge < -0.3 is 10.3 Å². The Bertz CT molecular complexity index is 486. The van der Waals surface area contributed by atoms with Crippen molar-refractivity contribution in [1.29, 1.82) is 0 Å². The molecule has 6 nitrogen and oxygen atoms in total. The molecule has 3 amide bonds. The van der Waals surface area contributed by atoms with E-state index in [9.17, 15) is 14.4 Å². The van der Waals surface area contributed by atoms with Gasteiger partial charge in [-0.1, -0.05) is 11.8 Å². The summed E-state index contributed by atoms with van der Waals surface area (Å²) in [5, 5.41) is 2.38. The smallest absolute Gasteiger partial charge is 0.288 e. The second-order valence-electron chi connectivity index (χ2n) is 3.59. The summed E-state index contributed by atoms with van der Waals surface area (Å²) in [5.74, 6) is -0.287. The van der Waals surface area contributed by atoms with E-state index in [0.29, 0.717) is 5.69 Å². The molecule has 0 radical (unpaired) electrons. The molecular formula is C10H10BrN3O3S. The van der Waals surface area contributed by atoms with Crippen molar-refractivity contribution in [2.45, 2.75) is 0 Å². The maximum atomic E-state index is 11.6. The molecule has 0 aliphatic carbocycles. The molecule has 0 unspecified atom stereocenters. The van der Waals surface area contributed by atoms with Gasteiger partial charge in [-0.15, -0.1) is 0 Å². The monoisotopic (exact) mass is 331 g/mol. The van der Waals surface area contributed by atoms with Gasteiger partial charge in [-0.2, -0.15) is 0 Å². The van der Waals surface area contributed by atoms with E-state index in [1.54, 1.807) is 12.3 Å². The van der Waals surface area contributed by atoms with Crippen molar-refractivity contribution >= 4 is 44.7 Å². The van der Waals surface area contributed by atoms with Crippen LogP contribution in [0.4, 0.5) is 4.79 Å². The van der Waals surface area contributed by atoms with Crippen molar-refractivity contribution < 1.29 is 14.4 Å². The molecule has 2 rings (SSSR count). The second-order valence-corrected chi connectivity index (χ2v) is 5.43. The maximum Gasteiger partial charge on any atom is 0.288 e. The summed E-state index contributed by atoms with van der Waals surface area (Å²) in [4.78, 5) is 38.1. The number of aromatic amines is 1. The van der Waals surface area contributed by atoms with E-state index in [-0.39, 0.29) is 35.9 Å². The molecule has 96 valence electrons. The van der Waals surface area contributed by atoms with Crippen LogP contribution in [0.15, 0.2) is 16.7 Å². The van der Waals surface area contributed by atoms with Crippen LogP contribution in [0.5, 0.6) is 0 Å². The molecule has 0 atom stereocenters. The van der Waals surface area contributed by atoms with Gasteiger partial charge >= 0.3 is 0 Å². The fourth-order valence-electron chi connectivity index (χ4n) is 1.47. The summed E-state index contributed by atoms with van der Waals surface area (Å²) in [7, 11) is 0. The predicted octanol–water partition coefficient (Wildman–Crippen LogP) is 1.20. The number of H-pyrrole nitrogens is 1. The highest BCUT2D eigenvalue weighted by atomic mass is 79.9. The van der Waals surface area contributed by atoms with E-state index in [1.807, 2.05) is 0 Å². The van der Waals surface area contributed by atoms with Crippen LogP contribution in [-0.2, 0) is 4.79 Å². The number of imide groups is 1. The molecule has 1 aliphatic rings. The molecular weight excluding hydrogens is 322 g/mol. The summed E-state index contributed by atoms with van der Waals surface area (Å²) < 4.78 is 0.786. The van der Waals surface area contributed by atoms with Gasteiger partial charge in [-0.3, -0.25) is 19.3 Å². The molecule has 8 heteroatoms. The molecule has 18 heavy (non-hydrogen) atoms. The molecule has 2 heterocycles. The molecule has 1 fully saturated rings. The van der Waals surface area contributed by atoms with Crippen molar-refractivity contribution in [3.63, 3.8) is 0 Å². The predicted molar refractivity (Wildman–Crippen MR) is 70.4 cm³/mol. The van der Waals surface area contributed by atoms with E-state index >= 15 is 0 Å². The van der Waals surface area contributed by atoms with E-state index in [2.05, 4.69) is 26.2 Å². The van der Waals surface area contributed by atoms with Crippen LogP contribution in [0.2, 0.25) is 0 Å². The van der Waals surface area contributed by atoms with Gasteiger partial charge in [0.05, 0.1) is 5.75 Å². The van der Waals surface area contributed by atoms with Gasteiger partial charge in [0.25, 0.3) is 11.1 Å². The third-order valence-corrected chi connectivity index (χ3v) is 3.67. The number of carbonyl (C=O) groups is 3. The number of halogens is 1. The molecule has 0 spiro atoms. The van der Waals surface area contributed by atoms with Crippen LogP contribution >= 0.6 is 27.7 Å². The highest BCUT2D eigenvalue weighted by Crippen LogP contribution is 2.17. The third-order valence-electron chi connectivity index (χ3n) is 2.35. The highest BCUT2D eigenvalue weighted by Gasteiger charge is 2.29. The fraction of sp³-hybridized carbons (Fsp3) is 0.300. The average Bonchev–Trinajstić information content (AvgIpc) is 2.89. The first-order chi connectivity index (χ1) is 8.58. The Balaban J connectivity index is 1.80. The van der Waals surface area contributed by atoms with Crippen LogP contribution in [0, 0.1) is 0 Å². The molecule has 2 N–H and O–H groups in total. The zero-order valence-corrected chi connectivity index (χ0v) is 11.6.